The third-order valence-electron chi connectivity index (χ3n) is 4.56. The highest BCUT2D eigenvalue weighted by Gasteiger charge is 2.21. The summed E-state index contributed by atoms with van der Waals surface area (Å²) in [4.78, 5) is 4.89. The lowest BCUT2D eigenvalue weighted by molar-refractivity contribution is 0.193. The average Bonchev–Trinajstić information content (AvgIpc) is 2.63. The fraction of sp³-hybridized carbons (Fsp3) is 0.444. The van der Waals surface area contributed by atoms with Gasteiger partial charge in [0.2, 0.25) is 0 Å². The van der Waals surface area contributed by atoms with E-state index in [-0.39, 0.29) is 0 Å². The molecular weight excluding hydrogens is 260 g/mol. The molecule has 1 saturated heterocycles. The van der Waals surface area contributed by atoms with Gasteiger partial charge in [-0.1, -0.05) is 30.3 Å². The van der Waals surface area contributed by atoms with Crippen molar-refractivity contribution < 1.29 is 5.11 Å². The van der Waals surface area contributed by atoms with Crippen LogP contribution in [0.3, 0.4) is 0 Å². The number of hydrogen-bond acceptors (Lipinski definition) is 3. The van der Waals surface area contributed by atoms with E-state index in [2.05, 4.69) is 35.9 Å². The topological polar surface area (TPSA) is 26.7 Å². The average molecular weight is 284 g/mol. The molecule has 1 aliphatic rings. The first-order valence-electron chi connectivity index (χ1n) is 7.77. The second-order valence-corrected chi connectivity index (χ2v) is 6.22. The van der Waals surface area contributed by atoms with Crippen molar-refractivity contribution in [3.8, 4) is 5.75 Å². The van der Waals surface area contributed by atoms with Gasteiger partial charge in [0.15, 0.2) is 0 Å². The van der Waals surface area contributed by atoms with Crippen LogP contribution in [0.4, 0.5) is 0 Å². The van der Waals surface area contributed by atoms with Crippen molar-refractivity contribution in [1.29, 1.82) is 0 Å². The molecule has 1 fully saturated rings. The van der Waals surface area contributed by atoms with Crippen LogP contribution in [0.2, 0.25) is 0 Å². The normalized spacial score (nSPS) is 21.5. The third-order valence-corrected chi connectivity index (χ3v) is 4.56. The van der Waals surface area contributed by atoms with E-state index >= 15 is 0 Å². The van der Waals surface area contributed by atoms with Crippen LogP contribution in [0, 0.1) is 0 Å². The van der Waals surface area contributed by atoms with Gasteiger partial charge < -0.3 is 10.0 Å². The van der Waals surface area contributed by atoms with Gasteiger partial charge in [-0.05, 0) is 43.8 Å². The number of phenolic OH excluding ortho intramolecular Hbond substituents is 1. The third kappa shape index (κ3) is 3.04. The van der Waals surface area contributed by atoms with E-state index in [1.807, 2.05) is 24.3 Å². The van der Waals surface area contributed by atoms with Crippen LogP contribution >= 0.6 is 0 Å². The lowest BCUT2D eigenvalue weighted by atomic mass is 10.0. The summed E-state index contributed by atoms with van der Waals surface area (Å²) in [5, 5.41) is 12.7. The Balaban J connectivity index is 1.92. The van der Waals surface area contributed by atoms with E-state index in [1.54, 1.807) is 0 Å². The van der Waals surface area contributed by atoms with Gasteiger partial charge >= 0.3 is 0 Å². The molecule has 3 nitrogen and oxygen atoms in total. The zero-order chi connectivity index (χ0) is 14.8. The Morgan fingerprint density at radius 2 is 1.95 bits per heavy atom. The molecule has 0 amide bonds. The predicted octanol–water partition coefficient (Wildman–Crippen LogP) is 3.07. The van der Waals surface area contributed by atoms with Gasteiger partial charge in [-0.25, -0.2) is 0 Å². The summed E-state index contributed by atoms with van der Waals surface area (Å²) in [5.74, 6) is 0.415. The summed E-state index contributed by atoms with van der Waals surface area (Å²) in [6, 6.07) is 12.6. The Kier molecular flexibility index (Phi) is 4.13. The largest absolute Gasteiger partial charge is 0.508 e. The zero-order valence-electron chi connectivity index (χ0n) is 12.9. The Morgan fingerprint density at radius 3 is 2.81 bits per heavy atom. The number of benzene rings is 2. The van der Waals surface area contributed by atoms with Gasteiger partial charge in [-0.3, -0.25) is 4.90 Å². The summed E-state index contributed by atoms with van der Waals surface area (Å²) in [6.07, 6.45) is 1.19. The number of hydrogen-bond donors (Lipinski definition) is 1. The lowest BCUT2D eigenvalue weighted by Crippen LogP contribution is -2.37. The molecule has 2 aromatic carbocycles. The molecule has 3 rings (SSSR count). The number of rotatable bonds is 2. The van der Waals surface area contributed by atoms with Crippen LogP contribution in [-0.4, -0.2) is 47.6 Å². The molecule has 0 aliphatic carbocycles. The van der Waals surface area contributed by atoms with Crippen molar-refractivity contribution in [2.45, 2.75) is 25.9 Å². The molecule has 112 valence electrons. The standard InChI is InChI=1S/C18H24N2O/c1-14-12-19(2)10-5-11-20(14)13-17-16-7-4-3-6-15(16)8-9-18(17)21/h3-4,6-9,14,21H,5,10-13H2,1-2H3. The Bertz CT molecular complexity index is 626. The molecule has 1 heterocycles. The van der Waals surface area contributed by atoms with Crippen LogP contribution in [0.1, 0.15) is 18.9 Å². The van der Waals surface area contributed by atoms with E-state index in [0.29, 0.717) is 11.8 Å². The summed E-state index contributed by atoms with van der Waals surface area (Å²) < 4.78 is 0. The highest BCUT2D eigenvalue weighted by molar-refractivity contribution is 5.87. The Labute approximate surface area is 126 Å². The highest BCUT2D eigenvalue weighted by Crippen LogP contribution is 2.29. The summed E-state index contributed by atoms with van der Waals surface area (Å²) in [6.45, 7) is 6.44. The van der Waals surface area contributed by atoms with Gasteiger partial charge in [0.05, 0.1) is 0 Å². The van der Waals surface area contributed by atoms with Crippen molar-refractivity contribution in [3.63, 3.8) is 0 Å². The van der Waals surface area contributed by atoms with Crippen LogP contribution in [0.5, 0.6) is 5.75 Å². The summed E-state index contributed by atoms with van der Waals surface area (Å²) in [7, 11) is 2.19. The molecule has 1 aliphatic heterocycles. The Morgan fingerprint density at radius 1 is 1.14 bits per heavy atom. The van der Waals surface area contributed by atoms with Gasteiger partial charge in [-0.2, -0.15) is 0 Å². The maximum atomic E-state index is 10.3. The molecule has 1 unspecified atom stereocenters. The van der Waals surface area contributed by atoms with Gasteiger partial charge in [0, 0.05) is 31.2 Å². The smallest absolute Gasteiger partial charge is 0.120 e. The van der Waals surface area contributed by atoms with E-state index < -0.39 is 0 Å². The molecule has 1 N–H and O–H groups in total. The molecule has 3 heteroatoms. The maximum Gasteiger partial charge on any atom is 0.120 e. The van der Waals surface area contributed by atoms with Crippen molar-refractivity contribution in [2.24, 2.45) is 0 Å². The van der Waals surface area contributed by atoms with E-state index in [9.17, 15) is 5.11 Å². The molecule has 0 radical (unpaired) electrons. The summed E-state index contributed by atoms with van der Waals surface area (Å²) in [5.41, 5.74) is 1.06. The minimum Gasteiger partial charge on any atom is -0.508 e. The molecule has 0 saturated carbocycles. The molecule has 0 aromatic heterocycles. The quantitative estimate of drug-likeness (QED) is 0.918. The molecule has 0 bridgehead atoms. The van der Waals surface area contributed by atoms with Gasteiger partial charge in [0.25, 0.3) is 0 Å². The monoisotopic (exact) mass is 284 g/mol. The van der Waals surface area contributed by atoms with Crippen molar-refractivity contribution in [2.75, 3.05) is 26.7 Å². The molecule has 0 spiro atoms. The number of phenols is 1. The first kappa shape index (κ1) is 14.4. The number of nitrogens with zero attached hydrogens (tertiary/aromatic N) is 2. The highest BCUT2D eigenvalue weighted by atomic mass is 16.3. The first-order chi connectivity index (χ1) is 10.1. The van der Waals surface area contributed by atoms with E-state index in [1.165, 1.54) is 17.2 Å². The Hall–Kier alpha value is -1.58. The lowest BCUT2D eigenvalue weighted by Gasteiger charge is -2.28. The molecule has 1 atom stereocenters. The molecular formula is C18H24N2O. The van der Waals surface area contributed by atoms with Crippen LogP contribution in [-0.2, 0) is 6.54 Å². The van der Waals surface area contributed by atoms with Crippen LogP contribution in [0.25, 0.3) is 10.8 Å². The maximum absolute atomic E-state index is 10.3. The molecule has 2 aromatic rings. The zero-order valence-corrected chi connectivity index (χ0v) is 12.9. The second kappa shape index (κ2) is 6.04. The van der Waals surface area contributed by atoms with E-state index in [0.717, 1.165) is 31.7 Å². The first-order valence-corrected chi connectivity index (χ1v) is 7.77. The fourth-order valence-electron chi connectivity index (χ4n) is 3.35. The number of fused-ring (bicyclic) bond motifs is 1. The second-order valence-electron chi connectivity index (χ2n) is 6.22. The van der Waals surface area contributed by atoms with Crippen molar-refractivity contribution in [3.05, 3.63) is 42.0 Å². The minimum atomic E-state index is 0.415. The van der Waals surface area contributed by atoms with Crippen LogP contribution < -0.4 is 0 Å². The van der Waals surface area contributed by atoms with Gasteiger partial charge in [-0.15, -0.1) is 0 Å². The number of aromatic hydroxyl groups is 1. The molecule has 21 heavy (non-hydrogen) atoms. The summed E-state index contributed by atoms with van der Waals surface area (Å²) >= 11 is 0. The van der Waals surface area contributed by atoms with Gasteiger partial charge in [0.1, 0.15) is 5.75 Å². The SMILES string of the molecule is CC1CN(C)CCCN1Cc1c(O)ccc2ccccc12. The van der Waals surface area contributed by atoms with Crippen LogP contribution in [0.15, 0.2) is 36.4 Å². The van der Waals surface area contributed by atoms with Crippen molar-refractivity contribution >= 4 is 10.8 Å². The van der Waals surface area contributed by atoms with Crippen molar-refractivity contribution in [1.82, 2.24) is 9.80 Å². The number of likely N-dealkylation sites (N-methyl/N-ethyl adjacent to an activating group) is 1. The van der Waals surface area contributed by atoms with E-state index in [4.69, 9.17) is 0 Å². The fourth-order valence-corrected chi connectivity index (χ4v) is 3.35. The predicted molar refractivity (Wildman–Crippen MR) is 87.6 cm³/mol. The minimum absolute atomic E-state index is 0.415.